The van der Waals surface area contributed by atoms with Crippen molar-refractivity contribution < 1.29 is 4.79 Å². The first-order chi connectivity index (χ1) is 11.0. The molecule has 0 aliphatic carbocycles. The van der Waals surface area contributed by atoms with Crippen LogP contribution in [0, 0.1) is 13.8 Å². The molecule has 138 valence electrons. The third-order valence-electron chi connectivity index (χ3n) is 4.52. The molecule has 1 aliphatic rings. The minimum absolute atomic E-state index is 0. The molecule has 1 saturated heterocycles. The van der Waals surface area contributed by atoms with Gasteiger partial charge in [0.25, 0.3) is 0 Å². The molecule has 0 saturated carbocycles. The molecule has 2 unspecified atom stereocenters. The fraction of sp³-hybridized carbons (Fsp3) is 0.444. The number of amides is 1. The standard InChI is InChI=1S/C18H24N4O.2ClH/c1-13-5-7-15(8-6-13)17(19)18(23)21-9-3-4-16(12-21)22-11-14(2)10-20-22;;/h5-8,10-11,16-17H,3-4,9,12,19H2,1-2H3;2*1H. The summed E-state index contributed by atoms with van der Waals surface area (Å²) in [6, 6.07) is 7.52. The smallest absolute Gasteiger partial charge is 0.244 e. The lowest BCUT2D eigenvalue weighted by Crippen LogP contribution is -2.45. The summed E-state index contributed by atoms with van der Waals surface area (Å²) in [6.45, 7) is 5.51. The number of carbonyl (C=O) groups excluding carboxylic acids is 1. The lowest BCUT2D eigenvalue weighted by molar-refractivity contribution is -0.134. The van der Waals surface area contributed by atoms with Crippen LogP contribution in [-0.2, 0) is 4.79 Å². The van der Waals surface area contributed by atoms with Gasteiger partial charge in [-0.2, -0.15) is 5.10 Å². The largest absolute Gasteiger partial charge is 0.339 e. The van der Waals surface area contributed by atoms with E-state index in [1.807, 2.05) is 60.1 Å². The van der Waals surface area contributed by atoms with Gasteiger partial charge in [0.05, 0.1) is 12.2 Å². The van der Waals surface area contributed by atoms with Gasteiger partial charge in [-0.3, -0.25) is 9.48 Å². The van der Waals surface area contributed by atoms with Crippen LogP contribution in [0.4, 0.5) is 0 Å². The summed E-state index contributed by atoms with van der Waals surface area (Å²) in [5.74, 6) is 0.00225. The molecule has 25 heavy (non-hydrogen) atoms. The molecule has 2 aromatic rings. The van der Waals surface area contributed by atoms with E-state index in [9.17, 15) is 4.79 Å². The summed E-state index contributed by atoms with van der Waals surface area (Å²) in [4.78, 5) is 14.6. The van der Waals surface area contributed by atoms with Gasteiger partial charge in [-0.1, -0.05) is 29.8 Å². The average Bonchev–Trinajstić information content (AvgIpc) is 3.01. The minimum atomic E-state index is -0.589. The van der Waals surface area contributed by atoms with Crippen molar-refractivity contribution in [3.63, 3.8) is 0 Å². The Kier molecular flexibility index (Phi) is 7.93. The number of hydrogen-bond donors (Lipinski definition) is 1. The number of benzene rings is 1. The Labute approximate surface area is 161 Å². The zero-order chi connectivity index (χ0) is 16.4. The second kappa shape index (κ2) is 9.22. The van der Waals surface area contributed by atoms with Crippen LogP contribution in [0.2, 0.25) is 0 Å². The van der Waals surface area contributed by atoms with E-state index in [0.29, 0.717) is 6.54 Å². The van der Waals surface area contributed by atoms with Crippen molar-refractivity contribution in [3.05, 3.63) is 53.3 Å². The Morgan fingerprint density at radius 2 is 1.88 bits per heavy atom. The van der Waals surface area contributed by atoms with Crippen LogP contribution in [0.5, 0.6) is 0 Å². The normalized spacial score (nSPS) is 18.0. The van der Waals surface area contributed by atoms with Crippen molar-refractivity contribution in [1.29, 1.82) is 0 Å². The maximum atomic E-state index is 12.7. The van der Waals surface area contributed by atoms with Crippen molar-refractivity contribution >= 4 is 30.7 Å². The second-order valence-corrected chi connectivity index (χ2v) is 6.47. The van der Waals surface area contributed by atoms with E-state index in [1.54, 1.807) is 0 Å². The monoisotopic (exact) mass is 384 g/mol. The number of aryl methyl sites for hydroxylation is 2. The van der Waals surface area contributed by atoms with Crippen molar-refractivity contribution in [2.24, 2.45) is 5.73 Å². The lowest BCUT2D eigenvalue weighted by Gasteiger charge is -2.34. The van der Waals surface area contributed by atoms with Crippen molar-refractivity contribution in [3.8, 4) is 0 Å². The summed E-state index contributed by atoms with van der Waals surface area (Å²) in [6.07, 6.45) is 5.93. The van der Waals surface area contributed by atoms with Crippen LogP contribution in [0.3, 0.4) is 0 Å². The number of nitrogens with zero attached hydrogens (tertiary/aromatic N) is 3. The van der Waals surface area contributed by atoms with E-state index in [0.717, 1.165) is 30.5 Å². The Bertz CT molecular complexity index is 687. The molecule has 0 spiro atoms. The van der Waals surface area contributed by atoms with Crippen molar-refractivity contribution in [2.75, 3.05) is 13.1 Å². The molecule has 1 amide bonds. The maximum Gasteiger partial charge on any atom is 0.244 e. The van der Waals surface area contributed by atoms with Crippen molar-refractivity contribution in [2.45, 2.75) is 38.8 Å². The predicted molar refractivity (Wildman–Crippen MR) is 104 cm³/mol. The quantitative estimate of drug-likeness (QED) is 0.883. The minimum Gasteiger partial charge on any atom is -0.339 e. The van der Waals surface area contributed by atoms with Crippen LogP contribution < -0.4 is 5.73 Å². The molecular weight excluding hydrogens is 359 g/mol. The van der Waals surface area contributed by atoms with Gasteiger partial charge in [-0.05, 0) is 37.8 Å². The summed E-state index contributed by atoms with van der Waals surface area (Å²) < 4.78 is 1.98. The zero-order valence-electron chi connectivity index (χ0n) is 14.6. The number of hydrogen-bond acceptors (Lipinski definition) is 3. The SMILES string of the molecule is Cc1ccc(C(N)C(=O)N2CCCC(n3cc(C)cn3)C2)cc1.Cl.Cl. The van der Waals surface area contributed by atoms with Gasteiger partial charge < -0.3 is 10.6 Å². The highest BCUT2D eigenvalue weighted by molar-refractivity contribution is 5.85. The number of likely N-dealkylation sites (tertiary alicyclic amines) is 1. The Morgan fingerprint density at radius 1 is 1.20 bits per heavy atom. The fourth-order valence-electron chi connectivity index (χ4n) is 3.12. The van der Waals surface area contributed by atoms with Crippen molar-refractivity contribution in [1.82, 2.24) is 14.7 Å². The van der Waals surface area contributed by atoms with Crippen LogP contribution in [0.1, 0.15) is 41.6 Å². The van der Waals surface area contributed by atoms with Crippen LogP contribution >= 0.6 is 24.8 Å². The van der Waals surface area contributed by atoms with E-state index >= 15 is 0 Å². The highest BCUT2D eigenvalue weighted by atomic mass is 35.5. The topological polar surface area (TPSA) is 64.2 Å². The third-order valence-corrected chi connectivity index (χ3v) is 4.52. The summed E-state index contributed by atoms with van der Waals surface area (Å²) in [5.41, 5.74) is 9.38. The Morgan fingerprint density at radius 3 is 2.48 bits per heavy atom. The Hall–Kier alpha value is -1.56. The van der Waals surface area contributed by atoms with E-state index in [2.05, 4.69) is 5.10 Å². The number of aromatic nitrogens is 2. The Balaban J connectivity index is 0.00000156. The van der Waals surface area contributed by atoms with E-state index < -0.39 is 6.04 Å². The van der Waals surface area contributed by atoms with Gasteiger partial charge in [0.1, 0.15) is 6.04 Å². The molecule has 0 bridgehead atoms. The molecule has 7 heteroatoms. The lowest BCUT2D eigenvalue weighted by atomic mass is 10.0. The number of rotatable bonds is 3. The molecule has 2 N–H and O–H groups in total. The van der Waals surface area contributed by atoms with E-state index in [4.69, 9.17) is 5.73 Å². The van der Waals surface area contributed by atoms with Gasteiger partial charge in [0.2, 0.25) is 5.91 Å². The molecule has 2 atom stereocenters. The number of nitrogens with two attached hydrogens (primary N) is 1. The summed E-state index contributed by atoms with van der Waals surface area (Å²) in [7, 11) is 0. The zero-order valence-corrected chi connectivity index (χ0v) is 16.2. The molecule has 2 heterocycles. The highest BCUT2D eigenvalue weighted by Crippen LogP contribution is 2.24. The van der Waals surface area contributed by atoms with Crippen LogP contribution in [0.25, 0.3) is 0 Å². The molecular formula is C18H26Cl2N4O. The third kappa shape index (κ3) is 4.97. The molecule has 0 radical (unpaired) electrons. The maximum absolute atomic E-state index is 12.7. The van der Waals surface area contributed by atoms with Gasteiger partial charge in [-0.25, -0.2) is 0 Å². The highest BCUT2D eigenvalue weighted by Gasteiger charge is 2.28. The first-order valence-corrected chi connectivity index (χ1v) is 8.16. The first kappa shape index (κ1) is 21.5. The summed E-state index contributed by atoms with van der Waals surface area (Å²) >= 11 is 0. The molecule has 1 aliphatic heterocycles. The molecule has 1 fully saturated rings. The molecule has 5 nitrogen and oxygen atoms in total. The predicted octanol–water partition coefficient (Wildman–Crippen LogP) is 3.21. The first-order valence-electron chi connectivity index (χ1n) is 8.16. The van der Waals surface area contributed by atoms with Crippen LogP contribution in [0.15, 0.2) is 36.7 Å². The van der Waals surface area contributed by atoms with Crippen LogP contribution in [-0.4, -0.2) is 33.7 Å². The number of piperidine rings is 1. The second-order valence-electron chi connectivity index (χ2n) is 6.47. The van der Waals surface area contributed by atoms with Gasteiger partial charge in [0.15, 0.2) is 0 Å². The fourth-order valence-corrected chi connectivity index (χ4v) is 3.12. The van der Waals surface area contributed by atoms with Gasteiger partial charge in [-0.15, -0.1) is 24.8 Å². The van der Waals surface area contributed by atoms with Gasteiger partial charge >= 0.3 is 0 Å². The average molecular weight is 385 g/mol. The molecule has 1 aromatic heterocycles. The summed E-state index contributed by atoms with van der Waals surface area (Å²) in [5, 5.41) is 4.39. The van der Waals surface area contributed by atoms with E-state index in [-0.39, 0.29) is 36.8 Å². The van der Waals surface area contributed by atoms with Gasteiger partial charge in [0, 0.05) is 19.3 Å². The number of halogens is 2. The number of carbonyl (C=O) groups is 1. The molecule has 1 aromatic carbocycles. The van der Waals surface area contributed by atoms with E-state index in [1.165, 1.54) is 5.56 Å². The molecule has 3 rings (SSSR count).